The first-order chi connectivity index (χ1) is 11.0. The maximum atomic E-state index is 12.3. The molecular formula is C16H16N4O2S. The van der Waals surface area contributed by atoms with Crippen molar-refractivity contribution >= 4 is 33.4 Å². The fraction of sp³-hybridized carbons (Fsp3) is 0.188. The number of amides is 1. The summed E-state index contributed by atoms with van der Waals surface area (Å²) in [6.07, 6.45) is 3.21. The SMILES string of the molecule is Cc1nn(C)c2ncc(NC(=O)c3ccc(S(C)=O)cc3)cc12. The number of benzene rings is 1. The van der Waals surface area contributed by atoms with Crippen molar-refractivity contribution in [3.05, 3.63) is 47.8 Å². The standard InChI is InChI=1S/C16H16N4O2S/c1-10-14-8-12(9-17-15(14)20(2)19-10)18-16(21)11-4-6-13(7-5-11)23(3)22/h4-9H,1-3H3,(H,18,21). The van der Waals surface area contributed by atoms with Crippen LogP contribution in [0.1, 0.15) is 16.1 Å². The van der Waals surface area contributed by atoms with E-state index in [1.54, 1.807) is 41.4 Å². The predicted octanol–water partition coefficient (Wildman–Crippen LogP) is 2.27. The van der Waals surface area contributed by atoms with Crippen LogP contribution in [0.4, 0.5) is 5.69 Å². The molecule has 6 nitrogen and oxygen atoms in total. The van der Waals surface area contributed by atoms with Gasteiger partial charge in [0.2, 0.25) is 0 Å². The Labute approximate surface area is 136 Å². The fourth-order valence-corrected chi connectivity index (χ4v) is 2.90. The second-order valence-electron chi connectivity index (χ2n) is 5.24. The third kappa shape index (κ3) is 3.00. The zero-order valence-corrected chi connectivity index (χ0v) is 13.8. The molecule has 1 N–H and O–H groups in total. The van der Waals surface area contributed by atoms with E-state index in [9.17, 15) is 9.00 Å². The van der Waals surface area contributed by atoms with E-state index < -0.39 is 10.8 Å². The quantitative estimate of drug-likeness (QED) is 0.800. The summed E-state index contributed by atoms with van der Waals surface area (Å²) in [5.74, 6) is -0.235. The van der Waals surface area contributed by atoms with Crippen LogP contribution in [0.3, 0.4) is 0 Å². The van der Waals surface area contributed by atoms with E-state index in [0.717, 1.165) is 16.7 Å². The van der Waals surface area contributed by atoms with Crippen LogP contribution in [0.5, 0.6) is 0 Å². The van der Waals surface area contributed by atoms with Crippen molar-refractivity contribution in [1.29, 1.82) is 0 Å². The Bertz CT molecular complexity index is 916. The number of carbonyl (C=O) groups is 1. The van der Waals surface area contributed by atoms with Crippen LogP contribution in [0, 0.1) is 6.92 Å². The van der Waals surface area contributed by atoms with Crippen LogP contribution in [-0.2, 0) is 17.8 Å². The minimum atomic E-state index is -1.06. The molecule has 2 aromatic heterocycles. The summed E-state index contributed by atoms with van der Waals surface area (Å²) in [5.41, 5.74) is 2.75. The maximum Gasteiger partial charge on any atom is 0.255 e. The second kappa shape index (κ2) is 5.92. The molecule has 2 heterocycles. The van der Waals surface area contributed by atoms with Crippen LogP contribution in [0.2, 0.25) is 0 Å². The highest BCUT2D eigenvalue weighted by atomic mass is 32.2. The molecular weight excluding hydrogens is 312 g/mol. The van der Waals surface area contributed by atoms with E-state index in [1.807, 2.05) is 20.0 Å². The smallest absolute Gasteiger partial charge is 0.255 e. The average molecular weight is 328 g/mol. The number of rotatable bonds is 3. The Kier molecular flexibility index (Phi) is 3.96. The second-order valence-corrected chi connectivity index (χ2v) is 6.62. The molecule has 0 radical (unpaired) electrons. The van der Waals surface area contributed by atoms with Gasteiger partial charge >= 0.3 is 0 Å². The van der Waals surface area contributed by atoms with Gasteiger partial charge in [-0.3, -0.25) is 13.7 Å². The highest BCUT2D eigenvalue weighted by Gasteiger charge is 2.10. The number of fused-ring (bicyclic) bond motifs is 1. The molecule has 0 fully saturated rings. The van der Waals surface area contributed by atoms with Gasteiger partial charge in [0.15, 0.2) is 5.65 Å². The molecule has 3 rings (SSSR count). The van der Waals surface area contributed by atoms with Crippen molar-refractivity contribution < 1.29 is 9.00 Å². The van der Waals surface area contributed by atoms with Gasteiger partial charge in [-0.05, 0) is 37.3 Å². The molecule has 118 valence electrons. The van der Waals surface area contributed by atoms with E-state index >= 15 is 0 Å². The molecule has 0 aliphatic carbocycles. The lowest BCUT2D eigenvalue weighted by atomic mass is 10.2. The summed E-state index contributed by atoms with van der Waals surface area (Å²) >= 11 is 0. The number of aromatic nitrogens is 3. The van der Waals surface area contributed by atoms with Crippen molar-refractivity contribution in [2.24, 2.45) is 7.05 Å². The number of aryl methyl sites for hydroxylation is 2. The zero-order valence-electron chi connectivity index (χ0n) is 13.0. The molecule has 23 heavy (non-hydrogen) atoms. The van der Waals surface area contributed by atoms with Gasteiger partial charge in [-0.2, -0.15) is 5.10 Å². The Morgan fingerprint density at radius 2 is 1.96 bits per heavy atom. The molecule has 0 saturated heterocycles. The van der Waals surface area contributed by atoms with Gasteiger partial charge in [0.1, 0.15) is 0 Å². The van der Waals surface area contributed by atoms with Crippen molar-refractivity contribution in [3.63, 3.8) is 0 Å². The van der Waals surface area contributed by atoms with Crippen LogP contribution in [-0.4, -0.2) is 31.1 Å². The van der Waals surface area contributed by atoms with E-state index in [-0.39, 0.29) is 5.91 Å². The molecule has 0 aliphatic rings. The number of nitrogens with zero attached hydrogens (tertiary/aromatic N) is 3. The molecule has 3 aromatic rings. The van der Waals surface area contributed by atoms with Gasteiger partial charge in [0.25, 0.3) is 5.91 Å². The Hall–Kier alpha value is -2.54. The van der Waals surface area contributed by atoms with E-state index in [1.165, 1.54) is 0 Å². The van der Waals surface area contributed by atoms with Gasteiger partial charge in [-0.15, -0.1) is 0 Å². The molecule has 1 atom stereocenters. The van der Waals surface area contributed by atoms with Crippen molar-refractivity contribution in [3.8, 4) is 0 Å². The largest absolute Gasteiger partial charge is 0.321 e. The highest BCUT2D eigenvalue weighted by molar-refractivity contribution is 7.84. The minimum Gasteiger partial charge on any atom is -0.321 e. The molecule has 1 aromatic carbocycles. The molecule has 1 unspecified atom stereocenters. The van der Waals surface area contributed by atoms with Crippen LogP contribution < -0.4 is 5.32 Å². The lowest BCUT2D eigenvalue weighted by molar-refractivity contribution is 0.102. The number of pyridine rings is 1. The normalized spacial score (nSPS) is 12.3. The first-order valence-electron chi connectivity index (χ1n) is 7.00. The minimum absolute atomic E-state index is 0.235. The van der Waals surface area contributed by atoms with Gasteiger partial charge in [0, 0.05) is 39.9 Å². The highest BCUT2D eigenvalue weighted by Crippen LogP contribution is 2.20. The molecule has 0 bridgehead atoms. The Morgan fingerprint density at radius 1 is 1.26 bits per heavy atom. The first-order valence-corrected chi connectivity index (χ1v) is 8.55. The third-order valence-corrected chi connectivity index (χ3v) is 4.51. The average Bonchev–Trinajstić information content (AvgIpc) is 2.81. The van der Waals surface area contributed by atoms with Crippen molar-refractivity contribution in [1.82, 2.24) is 14.8 Å². The molecule has 1 amide bonds. The number of hydrogen-bond donors (Lipinski definition) is 1. The lowest BCUT2D eigenvalue weighted by Crippen LogP contribution is -2.12. The van der Waals surface area contributed by atoms with Gasteiger partial charge in [0.05, 0.1) is 17.6 Å². The lowest BCUT2D eigenvalue weighted by Gasteiger charge is -2.06. The summed E-state index contributed by atoms with van der Waals surface area (Å²) in [4.78, 5) is 17.3. The fourth-order valence-electron chi connectivity index (χ4n) is 2.38. The van der Waals surface area contributed by atoms with Crippen LogP contribution >= 0.6 is 0 Å². The van der Waals surface area contributed by atoms with Crippen LogP contribution in [0.25, 0.3) is 11.0 Å². The summed E-state index contributed by atoms with van der Waals surface area (Å²) in [6.45, 7) is 1.90. The number of anilines is 1. The van der Waals surface area contributed by atoms with E-state index in [2.05, 4.69) is 15.4 Å². The van der Waals surface area contributed by atoms with Crippen molar-refractivity contribution in [2.45, 2.75) is 11.8 Å². The van der Waals surface area contributed by atoms with Gasteiger partial charge in [-0.1, -0.05) is 0 Å². The maximum absolute atomic E-state index is 12.3. The summed E-state index contributed by atoms with van der Waals surface area (Å²) < 4.78 is 13.1. The first kappa shape index (κ1) is 15.4. The Balaban J connectivity index is 1.84. The van der Waals surface area contributed by atoms with Crippen LogP contribution in [0.15, 0.2) is 41.4 Å². The van der Waals surface area contributed by atoms with Crippen molar-refractivity contribution in [2.75, 3.05) is 11.6 Å². The van der Waals surface area contributed by atoms with Gasteiger partial charge < -0.3 is 5.32 Å². The van der Waals surface area contributed by atoms with E-state index in [0.29, 0.717) is 16.1 Å². The predicted molar refractivity (Wildman–Crippen MR) is 90.0 cm³/mol. The topological polar surface area (TPSA) is 76.9 Å². The molecule has 0 saturated carbocycles. The third-order valence-electron chi connectivity index (χ3n) is 3.57. The van der Waals surface area contributed by atoms with Gasteiger partial charge in [-0.25, -0.2) is 4.98 Å². The number of carbonyl (C=O) groups excluding carboxylic acids is 1. The molecule has 0 spiro atoms. The molecule has 0 aliphatic heterocycles. The number of nitrogens with one attached hydrogen (secondary N) is 1. The number of hydrogen-bond acceptors (Lipinski definition) is 4. The summed E-state index contributed by atoms with van der Waals surface area (Å²) in [6, 6.07) is 8.56. The zero-order chi connectivity index (χ0) is 16.6. The summed E-state index contributed by atoms with van der Waals surface area (Å²) in [5, 5.41) is 8.03. The Morgan fingerprint density at radius 3 is 2.61 bits per heavy atom. The monoisotopic (exact) mass is 328 g/mol. The molecule has 7 heteroatoms. The summed E-state index contributed by atoms with van der Waals surface area (Å²) in [7, 11) is 0.778. The van der Waals surface area contributed by atoms with E-state index in [4.69, 9.17) is 0 Å².